The number of nitrogens with zero attached hydrogens (tertiary/aromatic N) is 3. The van der Waals surface area contributed by atoms with Crippen LogP contribution in [0.3, 0.4) is 0 Å². The number of methoxy groups -OCH3 is 2. The molecule has 2 aromatic carbocycles. The van der Waals surface area contributed by atoms with Crippen LogP contribution in [0, 0.1) is 0 Å². The number of fused-ring (bicyclic) bond motifs is 3. The molecule has 1 heterocycles. The zero-order valence-electron chi connectivity index (χ0n) is 21.5. The van der Waals surface area contributed by atoms with E-state index < -0.39 is 42.5 Å². The summed E-state index contributed by atoms with van der Waals surface area (Å²) in [5, 5.41) is 16.0. The Morgan fingerprint density at radius 1 is 1.00 bits per heavy atom. The standard InChI is InChI=1S/C26H30N4O9/c1-34-13-37-22-20(11-28-30-27)39-24(25(31)32)21(23(22)38-14-35-2)29-26(33)36-12-19-17-9-5-3-7-15(17)16-8-4-6-10-18(16)19/h3-10,19-24H,11-14H2,1-2H3,(H,29,33)(H,31,32)/t20-,21-,22-,23-,24-/m1/s1. The van der Waals surface area contributed by atoms with Crippen LogP contribution in [0.25, 0.3) is 21.6 Å². The molecular weight excluding hydrogens is 512 g/mol. The Bertz CT molecular complexity index is 1160. The van der Waals surface area contributed by atoms with Crippen LogP contribution in [0.2, 0.25) is 0 Å². The van der Waals surface area contributed by atoms with E-state index in [0.29, 0.717) is 0 Å². The number of amides is 1. The first kappa shape index (κ1) is 28.3. The van der Waals surface area contributed by atoms with E-state index in [2.05, 4.69) is 15.3 Å². The van der Waals surface area contributed by atoms with Crippen molar-refractivity contribution in [3.63, 3.8) is 0 Å². The number of rotatable bonds is 12. The number of carbonyl (C=O) groups is 2. The van der Waals surface area contributed by atoms with Crippen LogP contribution >= 0.6 is 0 Å². The van der Waals surface area contributed by atoms with Gasteiger partial charge in [0.25, 0.3) is 0 Å². The molecule has 0 bridgehead atoms. The van der Waals surface area contributed by atoms with Crippen LogP contribution in [0.5, 0.6) is 0 Å². The Balaban J connectivity index is 1.53. The van der Waals surface area contributed by atoms with Gasteiger partial charge in [-0.05, 0) is 27.8 Å². The lowest BCUT2D eigenvalue weighted by Crippen LogP contribution is -2.67. The Labute approximate surface area is 224 Å². The van der Waals surface area contributed by atoms with Crippen molar-refractivity contribution in [1.29, 1.82) is 0 Å². The Kier molecular flexibility index (Phi) is 9.71. The molecule has 0 spiro atoms. The van der Waals surface area contributed by atoms with Gasteiger partial charge >= 0.3 is 12.1 Å². The number of alkyl carbamates (subject to hydrolysis) is 1. The number of carbonyl (C=O) groups excluding carboxylic acids is 1. The highest BCUT2D eigenvalue weighted by Crippen LogP contribution is 2.44. The van der Waals surface area contributed by atoms with Crippen molar-refractivity contribution in [2.45, 2.75) is 36.4 Å². The lowest BCUT2D eigenvalue weighted by atomic mass is 9.92. The molecular formula is C26H30N4O9. The van der Waals surface area contributed by atoms with E-state index in [-0.39, 0.29) is 32.7 Å². The highest BCUT2D eigenvalue weighted by molar-refractivity contribution is 5.79. The second-order valence-electron chi connectivity index (χ2n) is 8.92. The summed E-state index contributed by atoms with van der Waals surface area (Å²) in [6, 6.07) is 14.6. The van der Waals surface area contributed by atoms with Crippen molar-refractivity contribution in [3.05, 3.63) is 70.1 Å². The van der Waals surface area contributed by atoms with Crippen LogP contribution in [-0.4, -0.2) is 88.6 Å². The summed E-state index contributed by atoms with van der Waals surface area (Å²) in [6.45, 7) is -0.638. The second-order valence-corrected chi connectivity index (χ2v) is 8.92. The van der Waals surface area contributed by atoms with Gasteiger partial charge in [0.15, 0.2) is 6.10 Å². The lowest BCUT2D eigenvalue weighted by Gasteiger charge is -2.44. The molecule has 13 heteroatoms. The van der Waals surface area contributed by atoms with Crippen LogP contribution in [-0.2, 0) is 33.2 Å². The SMILES string of the molecule is COCO[C@@H]1[C@@H](NC(=O)OCC2c3ccccc3-c3ccccc32)[C@H](C(=O)O)O[C@H](CN=[N+]=[N-])[C@H]1OCOC. The van der Waals surface area contributed by atoms with E-state index in [0.717, 1.165) is 22.3 Å². The largest absolute Gasteiger partial charge is 0.479 e. The zero-order chi connectivity index (χ0) is 27.8. The maximum Gasteiger partial charge on any atom is 0.407 e. The fraction of sp³-hybridized carbons (Fsp3) is 0.462. The van der Waals surface area contributed by atoms with Crippen LogP contribution < -0.4 is 5.32 Å². The summed E-state index contributed by atoms with van der Waals surface area (Å²) >= 11 is 0. The third-order valence-electron chi connectivity index (χ3n) is 6.64. The van der Waals surface area contributed by atoms with E-state index in [4.69, 9.17) is 34.0 Å². The number of nitrogens with one attached hydrogen (secondary N) is 1. The van der Waals surface area contributed by atoms with E-state index in [1.165, 1.54) is 14.2 Å². The highest BCUT2D eigenvalue weighted by atomic mass is 16.7. The number of azide groups is 1. The number of benzene rings is 2. The van der Waals surface area contributed by atoms with Gasteiger partial charge < -0.3 is 38.8 Å². The monoisotopic (exact) mass is 542 g/mol. The van der Waals surface area contributed by atoms with Gasteiger partial charge in [0.05, 0.1) is 18.7 Å². The third kappa shape index (κ3) is 6.31. The maximum absolute atomic E-state index is 13.1. The summed E-state index contributed by atoms with van der Waals surface area (Å²) in [5.74, 6) is -1.55. The van der Waals surface area contributed by atoms with Crippen molar-refractivity contribution in [1.82, 2.24) is 5.32 Å². The topological polar surface area (TPSA) is 171 Å². The maximum atomic E-state index is 13.1. The van der Waals surface area contributed by atoms with Crippen LogP contribution in [0.1, 0.15) is 17.0 Å². The van der Waals surface area contributed by atoms with E-state index >= 15 is 0 Å². The minimum atomic E-state index is -1.56. The summed E-state index contributed by atoms with van der Waals surface area (Å²) in [7, 11) is 2.80. The molecule has 1 saturated heterocycles. The molecule has 208 valence electrons. The minimum absolute atomic E-state index is 0.0257. The minimum Gasteiger partial charge on any atom is -0.479 e. The van der Waals surface area contributed by atoms with Crippen LogP contribution in [0.4, 0.5) is 4.79 Å². The fourth-order valence-electron chi connectivity index (χ4n) is 5.04. The van der Waals surface area contributed by atoms with Crippen LogP contribution in [0.15, 0.2) is 53.6 Å². The quantitative estimate of drug-likeness (QED) is 0.177. The lowest BCUT2D eigenvalue weighted by molar-refractivity contribution is -0.245. The Morgan fingerprint density at radius 2 is 1.59 bits per heavy atom. The highest BCUT2D eigenvalue weighted by Gasteiger charge is 2.51. The van der Waals surface area contributed by atoms with Gasteiger partial charge in [-0.3, -0.25) is 0 Å². The summed E-state index contributed by atoms with van der Waals surface area (Å²) in [5.41, 5.74) is 13.0. The van der Waals surface area contributed by atoms with Crippen molar-refractivity contribution < 1.29 is 43.1 Å². The Morgan fingerprint density at radius 3 is 2.15 bits per heavy atom. The van der Waals surface area contributed by atoms with Crippen molar-refractivity contribution in [3.8, 4) is 11.1 Å². The number of hydrogen-bond donors (Lipinski definition) is 2. The van der Waals surface area contributed by atoms with E-state index in [1.54, 1.807) is 0 Å². The molecule has 0 saturated carbocycles. The van der Waals surface area contributed by atoms with Gasteiger partial charge in [0, 0.05) is 25.0 Å². The molecule has 2 aromatic rings. The number of hydrogen-bond acceptors (Lipinski definition) is 9. The molecule has 13 nitrogen and oxygen atoms in total. The average molecular weight is 543 g/mol. The summed E-state index contributed by atoms with van der Waals surface area (Å²) in [6.07, 6.45) is -5.47. The predicted octanol–water partition coefficient (Wildman–Crippen LogP) is 3.03. The molecule has 1 fully saturated rings. The van der Waals surface area contributed by atoms with Crippen molar-refractivity contribution in [2.75, 3.05) is 41.0 Å². The molecule has 1 aliphatic carbocycles. The molecule has 4 rings (SSSR count). The molecule has 0 aromatic heterocycles. The molecule has 0 unspecified atom stereocenters. The van der Waals surface area contributed by atoms with E-state index in [1.807, 2.05) is 48.5 Å². The number of carboxylic acid groups (broad SMARTS) is 1. The molecule has 5 atom stereocenters. The van der Waals surface area contributed by atoms with Gasteiger partial charge in [0.1, 0.15) is 32.4 Å². The number of carboxylic acids is 1. The van der Waals surface area contributed by atoms with Gasteiger partial charge in [-0.15, -0.1) is 0 Å². The third-order valence-corrected chi connectivity index (χ3v) is 6.64. The molecule has 1 amide bonds. The van der Waals surface area contributed by atoms with Crippen molar-refractivity contribution >= 4 is 12.1 Å². The summed E-state index contributed by atoms with van der Waals surface area (Å²) in [4.78, 5) is 27.9. The van der Waals surface area contributed by atoms with Crippen molar-refractivity contribution in [2.24, 2.45) is 5.11 Å². The number of aliphatic carboxylic acids is 1. The van der Waals surface area contributed by atoms with Gasteiger partial charge in [-0.1, -0.05) is 53.6 Å². The molecule has 1 aliphatic heterocycles. The summed E-state index contributed by atoms with van der Waals surface area (Å²) < 4.78 is 32.8. The smallest absolute Gasteiger partial charge is 0.407 e. The van der Waals surface area contributed by atoms with Gasteiger partial charge in [-0.25, -0.2) is 9.59 Å². The molecule has 0 radical (unpaired) electrons. The first-order valence-electron chi connectivity index (χ1n) is 12.2. The Hall–Kier alpha value is -3.71. The first-order chi connectivity index (χ1) is 19.0. The molecule has 2 N–H and O–H groups in total. The average Bonchev–Trinajstić information content (AvgIpc) is 3.27. The number of ether oxygens (including phenoxy) is 6. The normalized spacial score (nSPS) is 23.8. The second kappa shape index (κ2) is 13.4. The predicted molar refractivity (Wildman–Crippen MR) is 136 cm³/mol. The first-order valence-corrected chi connectivity index (χ1v) is 12.2. The zero-order valence-corrected chi connectivity index (χ0v) is 21.5. The molecule has 2 aliphatic rings. The molecule has 39 heavy (non-hydrogen) atoms. The van der Waals surface area contributed by atoms with Gasteiger partial charge in [-0.2, -0.15) is 0 Å². The van der Waals surface area contributed by atoms with Gasteiger partial charge in [0.2, 0.25) is 0 Å². The van der Waals surface area contributed by atoms with E-state index in [9.17, 15) is 14.7 Å². The fourth-order valence-corrected chi connectivity index (χ4v) is 5.04.